The van der Waals surface area contributed by atoms with Crippen molar-refractivity contribution in [3.8, 4) is 0 Å². The van der Waals surface area contributed by atoms with Gasteiger partial charge in [-0.1, -0.05) is 19.4 Å². The highest BCUT2D eigenvalue weighted by molar-refractivity contribution is 5.68. The summed E-state index contributed by atoms with van der Waals surface area (Å²) in [6, 6.07) is 0.00912. The number of ether oxygens (including phenoxy) is 1. The molecule has 0 aromatic heterocycles. The third-order valence-electron chi connectivity index (χ3n) is 1.59. The predicted octanol–water partition coefficient (Wildman–Crippen LogP) is 2.87. The molecule has 1 amide bonds. The fourth-order valence-corrected chi connectivity index (χ4v) is 1.02. The van der Waals surface area contributed by atoms with E-state index in [1.165, 1.54) is 0 Å². The Morgan fingerprint density at radius 3 is 2.50 bits per heavy atom. The second-order valence-corrected chi connectivity index (χ2v) is 4.28. The summed E-state index contributed by atoms with van der Waals surface area (Å²) in [7, 11) is 0. The normalized spacial score (nSPS) is 13.1. The number of hydrogen-bond donors (Lipinski definition) is 1. The van der Waals surface area contributed by atoms with Gasteiger partial charge >= 0.3 is 6.09 Å². The van der Waals surface area contributed by atoms with E-state index in [1.54, 1.807) is 6.08 Å². The minimum Gasteiger partial charge on any atom is -0.444 e. The van der Waals surface area contributed by atoms with Crippen LogP contribution in [0.25, 0.3) is 0 Å². The largest absolute Gasteiger partial charge is 0.444 e. The number of hydrogen-bond acceptors (Lipinski definition) is 2. The van der Waals surface area contributed by atoms with Crippen molar-refractivity contribution in [2.75, 3.05) is 0 Å². The number of carbonyl (C=O) groups is 1. The first-order valence-electron chi connectivity index (χ1n) is 5.01. The van der Waals surface area contributed by atoms with Gasteiger partial charge in [0.25, 0.3) is 0 Å². The lowest BCUT2D eigenvalue weighted by Crippen LogP contribution is -2.38. The topological polar surface area (TPSA) is 38.3 Å². The number of carbonyl (C=O) groups excluding carboxylic acids is 1. The van der Waals surface area contributed by atoms with Crippen LogP contribution in [0.15, 0.2) is 12.7 Å². The molecule has 82 valence electrons. The molecule has 0 radical (unpaired) electrons. The second-order valence-electron chi connectivity index (χ2n) is 4.28. The Morgan fingerprint density at radius 2 is 2.14 bits per heavy atom. The standard InChI is InChI=1S/C11H21NO2/c1-6-8-9(7-2)12-10(13)14-11(3,4)5/h7,9H,2,6,8H2,1,3-5H3,(H,12,13). The molecule has 1 N–H and O–H groups in total. The lowest BCUT2D eigenvalue weighted by atomic mass is 10.2. The van der Waals surface area contributed by atoms with E-state index >= 15 is 0 Å². The second kappa shape index (κ2) is 5.68. The van der Waals surface area contributed by atoms with Crippen LogP contribution in [0, 0.1) is 0 Å². The van der Waals surface area contributed by atoms with E-state index in [0.29, 0.717) is 0 Å². The molecule has 1 atom stereocenters. The smallest absolute Gasteiger partial charge is 0.408 e. The molecule has 3 heteroatoms. The predicted molar refractivity (Wildman–Crippen MR) is 58.3 cm³/mol. The zero-order valence-electron chi connectivity index (χ0n) is 9.59. The molecule has 0 fully saturated rings. The van der Waals surface area contributed by atoms with Crippen LogP contribution < -0.4 is 5.32 Å². The lowest BCUT2D eigenvalue weighted by molar-refractivity contribution is 0.0512. The summed E-state index contributed by atoms with van der Waals surface area (Å²) in [6.07, 6.45) is 3.25. The van der Waals surface area contributed by atoms with Crippen molar-refractivity contribution in [3.05, 3.63) is 12.7 Å². The van der Waals surface area contributed by atoms with Crippen molar-refractivity contribution in [2.24, 2.45) is 0 Å². The Kier molecular flexibility index (Phi) is 5.28. The van der Waals surface area contributed by atoms with Crippen LogP contribution in [0.1, 0.15) is 40.5 Å². The Labute approximate surface area is 86.5 Å². The van der Waals surface area contributed by atoms with Gasteiger partial charge < -0.3 is 10.1 Å². The summed E-state index contributed by atoms with van der Waals surface area (Å²) in [5.74, 6) is 0. The molecule has 1 unspecified atom stereocenters. The molecule has 0 saturated carbocycles. The van der Waals surface area contributed by atoms with Crippen LogP contribution in [0.5, 0.6) is 0 Å². The van der Waals surface area contributed by atoms with E-state index in [-0.39, 0.29) is 12.1 Å². The van der Waals surface area contributed by atoms with E-state index < -0.39 is 5.60 Å². The number of nitrogens with one attached hydrogen (secondary N) is 1. The summed E-state index contributed by atoms with van der Waals surface area (Å²) < 4.78 is 5.12. The van der Waals surface area contributed by atoms with Crippen LogP contribution in [0.3, 0.4) is 0 Å². The summed E-state index contributed by atoms with van der Waals surface area (Å²) in [4.78, 5) is 11.3. The molecule has 3 nitrogen and oxygen atoms in total. The van der Waals surface area contributed by atoms with E-state index in [0.717, 1.165) is 12.8 Å². The highest BCUT2D eigenvalue weighted by Gasteiger charge is 2.17. The van der Waals surface area contributed by atoms with Crippen LogP contribution in [-0.4, -0.2) is 17.7 Å². The lowest BCUT2D eigenvalue weighted by Gasteiger charge is -2.22. The molecule has 0 aliphatic heterocycles. The minimum absolute atomic E-state index is 0.00912. The number of amides is 1. The fourth-order valence-electron chi connectivity index (χ4n) is 1.02. The summed E-state index contributed by atoms with van der Waals surface area (Å²) in [5.41, 5.74) is -0.442. The van der Waals surface area contributed by atoms with Crippen molar-refractivity contribution < 1.29 is 9.53 Å². The first kappa shape index (κ1) is 13.0. The molecule has 0 bridgehead atoms. The number of alkyl carbamates (subject to hydrolysis) is 1. The maximum absolute atomic E-state index is 11.3. The van der Waals surface area contributed by atoms with E-state index in [4.69, 9.17) is 4.74 Å². The van der Waals surface area contributed by atoms with Gasteiger partial charge in [-0.15, -0.1) is 6.58 Å². The Balaban J connectivity index is 3.97. The molecule has 0 rings (SSSR count). The molecule has 0 spiro atoms. The molecule has 0 aliphatic rings. The van der Waals surface area contributed by atoms with Crippen molar-refractivity contribution in [1.29, 1.82) is 0 Å². The molecule has 0 aromatic rings. The van der Waals surface area contributed by atoms with Gasteiger partial charge in [0, 0.05) is 0 Å². The van der Waals surface area contributed by atoms with Gasteiger partial charge in [0.2, 0.25) is 0 Å². The van der Waals surface area contributed by atoms with Crippen molar-refractivity contribution in [1.82, 2.24) is 5.32 Å². The van der Waals surface area contributed by atoms with Gasteiger partial charge in [0.05, 0.1) is 6.04 Å². The van der Waals surface area contributed by atoms with Gasteiger partial charge in [-0.25, -0.2) is 4.79 Å². The van der Waals surface area contributed by atoms with Crippen LogP contribution >= 0.6 is 0 Å². The SMILES string of the molecule is C=CC(CCC)NC(=O)OC(C)(C)C. The molecule has 0 aromatic carbocycles. The molecule has 0 aliphatic carbocycles. The van der Waals surface area contributed by atoms with E-state index in [9.17, 15) is 4.79 Å². The Hall–Kier alpha value is -0.990. The molecule has 0 saturated heterocycles. The van der Waals surface area contributed by atoms with Gasteiger partial charge in [-0.2, -0.15) is 0 Å². The maximum Gasteiger partial charge on any atom is 0.408 e. The molecule has 0 heterocycles. The van der Waals surface area contributed by atoms with E-state index in [1.807, 2.05) is 20.8 Å². The van der Waals surface area contributed by atoms with Gasteiger partial charge in [-0.05, 0) is 27.2 Å². The number of rotatable bonds is 4. The third-order valence-corrected chi connectivity index (χ3v) is 1.59. The summed E-state index contributed by atoms with van der Waals surface area (Å²) in [5, 5.41) is 2.74. The third kappa shape index (κ3) is 6.52. The van der Waals surface area contributed by atoms with Crippen molar-refractivity contribution >= 4 is 6.09 Å². The van der Waals surface area contributed by atoms with Gasteiger partial charge in [0.1, 0.15) is 5.60 Å². The van der Waals surface area contributed by atoms with Gasteiger partial charge in [-0.3, -0.25) is 0 Å². The average molecular weight is 199 g/mol. The van der Waals surface area contributed by atoms with Crippen LogP contribution in [-0.2, 0) is 4.74 Å². The fraction of sp³-hybridized carbons (Fsp3) is 0.727. The van der Waals surface area contributed by atoms with E-state index in [2.05, 4.69) is 18.8 Å². The monoisotopic (exact) mass is 199 g/mol. The molecule has 14 heavy (non-hydrogen) atoms. The first-order chi connectivity index (χ1) is 6.39. The summed E-state index contributed by atoms with van der Waals surface area (Å²) in [6.45, 7) is 11.2. The molecular formula is C11H21NO2. The van der Waals surface area contributed by atoms with Crippen molar-refractivity contribution in [2.45, 2.75) is 52.2 Å². The van der Waals surface area contributed by atoms with Gasteiger partial charge in [0.15, 0.2) is 0 Å². The van der Waals surface area contributed by atoms with Crippen molar-refractivity contribution in [3.63, 3.8) is 0 Å². The Bertz CT molecular complexity index is 194. The summed E-state index contributed by atoms with van der Waals surface area (Å²) >= 11 is 0. The molecular weight excluding hydrogens is 178 g/mol. The highest BCUT2D eigenvalue weighted by Crippen LogP contribution is 2.07. The average Bonchev–Trinajstić information content (AvgIpc) is 2.00. The minimum atomic E-state index is -0.442. The maximum atomic E-state index is 11.3. The Morgan fingerprint density at radius 1 is 1.57 bits per heavy atom. The zero-order chi connectivity index (χ0) is 11.2. The highest BCUT2D eigenvalue weighted by atomic mass is 16.6. The quantitative estimate of drug-likeness (QED) is 0.707. The van der Waals surface area contributed by atoms with Crippen LogP contribution in [0.2, 0.25) is 0 Å². The first-order valence-corrected chi connectivity index (χ1v) is 5.01. The zero-order valence-corrected chi connectivity index (χ0v) is 9.59. The van der Waals surface area contributed by atoms with Crippen LogP contribution in [0.4, 0.5) is 4.79 Å².